The van der Waals surface area contributed by atoms with E-state index in [1.807, 2.05) is 0 Å². The van der Waals surface area contributed by atoms with Crippen molar-refractivity contribution in [1.29, 1.82) is 0 Å². The number of rotatable bonds is 3. The van der Waals surface area contributed by atoms with Crippen LogP contribution >= 0.6 is 0 Å². The van der Waals surface area contributed by atoms with Gasteiger partial charge in [0.25, 0.3) is 0 Å². The molecule has 0 aromatic carbocycles. The average molecular weight is 236 g/mol. The molecule has 2 saturated heterocycles. The minimum absolute atomic E-state index is 0.482. The van der Waals surface area contributed by atoms with Crippen molar-refractivity contribution in [2.75, 3.05) is 6.54 Å². The molecule has 2 aliphatic heterocycles. The molecule has 0 radical (unpaired) electrons. The van der Waals surface area contributed by atoms with E-state index in [4.69, 9.17) is 5.73 Å². The molecule has 0 aromatic heterocycles. The van der Waals surface area contributed by atoms with Crippen LogP contribution in [-0.4, -0.2) is 29.6 Å². The van der Waals surface area contributed by atoms with Gasteiger partial charge >= 0.3 is 0 Å². The van der Waals surface area contributed by atoms with Crippen LogP contribution in [0, 0.1) is 11.3 Å². The summed E-state index contributed by atoms with van der Waals surface area (Å²) in [6, 6.07) is 2.11. The van der Waals surface area contributed by atoms with E-state index in [1.54, 1.807) is 0 Å². The number of hydrogen-bond donors (Lipinski definition) is 1. The van der Waals surface area contributed by atoms with Crippen LogP contribution in [0.3, 0.4) is 0 Å². The Morgan fingerprint density at radius 3 is 2.24 bits per heavy atom. The smallest absolute Gasteiger partial charge is 0.0113 e. The maximum Gasteiger partial charge on any atom is 0.0113 e. The van der Waals surface area contributed by atoms with Gasteiger partial charge in [0.2, 0.25) is 0 Å². The first-order valence-corrected chi connectivity index (χ1v) is 7.62. The molecule has 98 valence electrons. The molecule has 2 N–H and O–H groups in total. The van der Waals surface area contributed by atoms with E-state index in [0.29, 0.717) is 11.5 Å². The standard InChI is InChI=1S/C15H28N2/c1-11(2)15(6-7-15)10-17-13-4-3-5-14(17)9-12(16)8-13/h11-14H,3-10,16H2,1-2H3. The van der Waals surface area contributed by atoms with Crippen LogP contribution in [0.1, 0.15) is 58.8 Å². The van der Waals surface area contributed by atoms with Crippen molar-refractivity contribution in [2.24, 2.45) is 17.1 Å². The van der Waals surface area contributed by atoms with E-state index in [1.165, 1.54) is 51.5 Å². The summed E-state index contributed by atoms with van der Waals surface area (Å²) in [6.07, 6.45) is 9.68. The van der Waals surface area contributed by atoms with Crippen LogP contribution in [-0.2, 0) is 0 Å². The van der Waals surface area contributed by atoms with Crippen molar-refractivity contribution in [1.82, 2.24) is 4.90 Å². The van der Waals surface area contributed by atoms with Gasteiger partial charge in [0.05, 0.1) is 0 Å². The van der Waals surface area contributed by atoms with Gasteiger partial charge in [0, 0.05) is 24.7 Å². The Kier molecular flexibility index (Phi) is 2.99. The molecule has 3 fully saturated rings. The molecular weight excluding hydrogens is 208 g/mol. The van der Waals surface area contributed by atoms with Gasteiger partial charge in [-0.3, -0.25) is 4.90 Å². The zero-order valence-corrected chi connectivity index (χ0v) is 11.5. The van der Waals surface area contributed by atoms with Gasteiger partial charge in [-0.15, -0.1) is 0 Å². The van der Waals surface area contributed by atoms with Crippen molar-refractivity contribution < 1.29 is 0 Å². The summed E-state index contributed by atoms with van der Waals surface area (Å²) in [7, 11) is 0. The predicted octanol–water partition coefficient (Wildman–Crippen LogP) is 2.77. The predicted molar refractivity (Wildman–Crippen MR) is 71.8 cm³/mol. The van der Waals surface area contributed by atoms with E-state index >= 15 is 0 Å². The Bertz CT molecular complexity index is 269. The van der Waals surface area contributed by atoms with Crippen molar-refractivity contribution in [3.8, 4) is 0 Å². The first-order valence-electron chi connectivity index (χ1n) is 7.62. The molecule has 2 heterocycles. The van der Waals surface area contributed by atoms with Crippen molar-refractivity contribution in [3.05, 3.63) is 0 Å². The van der Waals surface area contributed by atoms with E-state index in [-0.39, 0.29) is 0 Å². The lowest BCUT2D eigenvalue weighted by atomic mass is 9.80. The molecular formula is C15H28N2. The number of nitrogens with zero attached hydrogens (tertiary/aromatic N) is 1. The zero-order valence-electron chi connectivity index (χ0n) is 11.5. The van der Waals surface area contributed by atoms with E-state index in [2.05, 4.69) is 18.7 Å². The van der Waals surface area contributed by atoms with Gasteiger partial charge in [-0.2, -0.15) is 0 Å². The van der Waals surface area contributed by atoms with E-state index in [0.717, 1.165) is 18.0 Å². The highest BCUT2D eigenvalue weighted by Crippen LogP contribution is 2.53. The quantitative estimate of drug-likeness (QED) is 0.816. The molecule has 17 heavy (non-hydrogen) atoms. The lowest BCUT2D eigenvalue weighted by Gasteiger charge is -2.50. The van der Waals surface area contributed by atoms with Gasteiger partial charge in [-0.05, 0) is 49.9 Å². The Hall–Kier alpha value is -0.0800. The minimum atomic E-state index is 0.482. The highest BCUT2D eigenvalue weighted by Gasteiger charge is 2.49. The average Bonchev–Trinajstić information content (AvgIpc) is 3.00. The Morgan fingerprint density at radius 1 is 1.18 bits per heavy atom. The highest BCUT2D eigenvalue weighted by molar-refractivity contribution is 5.02. The summed E-state index contributed by atoms with van der Waals surface area (Å²) in [6.45, 7) is 6.20. The first-order chi connectivity index (χ1) is 8.11. The van der Waals surface area contributed by atoms with Gasteiger partial charge in [0.15, 0.2) is 0 Å². The summed E-state index contributed by atoms with van der Waals surface area (Å²) >= 11 is 0. The molecule has 1 saturated carbocycles. The maximum absolute atomic E-state index is 6.20. The van der Waals surface area contributed by atoms with E-state index < -0.39 is 0 Å². The Balaban J connectivity index is 1.70. The number of fused-ring (bicyclic) bond motifs is 2. The van der Waals surface area contributed by atoms with Crippen LogP contribution in [0.2, 0.25) is 0 Å². The normalized spacial score (nSPS) is 40.6. The largest absolute Gasteiger partial charge is 0.328 e. The van der Waals surface area contributed by atoms with Crippen LogP contribution in [0.5, 0.6) is 0 Å². The molecule has 0 spiro atoms. The van der Waals surface area contributed by atoms with Crippen LogP contribution in [0.15, 0.2) is 0 Å². The maximum atomic E-state index is 6.20. The molecule has 3 aliphatic rings. The molecule has 2 nitrogen and oxygen atoms in total. The van der Waals surface area contributed by atoms with Crippen molar-refractivity contribution in [2.45, 2.75) is 76.9 Å². The Morgan fingerprint density at radius 2 is 1.76 bits per heavy atom. The molecule has 2 heteroatoms. The summed E-state index contributed by atoms with van der Waals surface area (Å²) < 4.78 is 0. The second kappa shape index (κ2) is 4.24. The summed E-state index contributed by atoms with van der Waals surface area (Å²) in [4.78, 5) is 2.86. The molecule has 2 bridgehead atoms. The van der Waals surface area contributed by atoms with Crippen LogP contribution < -0.4 is 5.73 Å². The second-order valence-electron chi connectivity index (χ2n) is 7.16. The summed E-state index contributed by atoms with van der Waals surface area (Å²) in [5.41, 5.74) is 6.88. The number of nitrogens with two attached hydrogens (primary N) is 1. The minimum Gasteiger partial charge on any atom is -0.328 e. The fourth-order valence-electron chi connectivity index (χ4n) is 4.22. The fraction of sp³-hybridized carbons (Fsp3) is 1.00. The molecule has 2 atom stereocenters. The highest BCUT2D eigenvalue weighted by atomic mass is 15.2. The second-order valence-corrected chi connectivity index (χ2v) is 7.16. The lowest BCUT2D eigenvalue weighted by Crippen LogP contribution is -2.57. The van der Waals surface area contributed by atoms with Gasteiger partial charge in [0.1, 0.15) is 0 Å². The third-order valence-corrected chi connectivity index (χ3v) is 5.78. The van der Waals surface area contributed by atoms with Gasteiger partial charge in [-0.25, -0.2) is 0 Å². The third-order valence-electron chi connectivity index (χ3n) is 5.78. The molecule has 1 aliphatic carbocycles. The SMILES string of the molecule is CC(C)C1(CN2C3CCCC2CC(N)C3)CC1. The lowest BCUT2D eigenvalue weighted by molar-refractivity contribution is 0.00755. The number of hydrogen-bond acceptors (Lipinski definition) is 2. The van der Waals surface area contributed by atoms with E-state index in [9.17, 15) is 0 Å². The number of piperidine rings is 2. The van der Waals surface area contributed by atoms with Crippen molar-refractivity contribution in [3.63, 3.8) is 0 Å². The zero-order chi connectivity index (χ0) is 12.0. The summed E-state index contributed by atoms with van der Waals surface area (Å²) in [5, 5.41) is 0. The fourth-order valence-corrected chi connectivity index (χ4v) is 4.22. The molecule has 2 unspecified atom stereocenters. The molecule has 0 amide bonds. The van der Waals surface area contributed by atoms with Crippen molar-refractivity contribution >= 4 is 0 Å². The van der Waals surface area contributed by atoms with Gasteiger partial charge in [-0.1, -0.05) is 20.3 Å². The van der Waals surface area contributed by atoms with Crippen LogP contribution in [0.25, 0.3) is 0 Å². The first kappa shape index (κ1) is 12.0. The summed E-state index contributed by atoms with van der Waals surface area (Å²) in [5.74, 6) is 0.860. The molecule has 0 aromatic rings. The monoisotopic (exact) mass is 236 g/mol. The third kappa shape index (κ3) is 2.15. The van der Waals surface area contributed by atoms with Crippen LogP contribution in [0.4, 0.5) is 0 Å². The van der Waals surface area contributed by atoms with Gasteiger partial charge < -0.3 is 5.73 Å². The Labute approximate surface area is 106 Å². The topological polar surface area (TPSA) is 29.3 Å². The molecule has 3 rings (SSSR count).